The summed E-state index contributed by atoms with van der Waals surface area (Å²) in [6, 6.07) is 3.82. The molecule has 0 N–H and O–H groups in total. The Bertz CT molecular complexity index is 1040. The van der Waals surface area contributed by atoms with Crippen molar-refractivity contribution in [3.63, 3.8) is 0 Å². The molecule has 0 aromatic carbocycles. The molecule has 2 aliphatic carbocycles. The van der Waals surface area contributed by atoms with E-state index < -0.39 is 0 Å². The predicted molar refractivity (Wildman–Crippen MR) is 97.3 cm³/mol. The fourth-order valence-corrected chi connectivity index (χ4v) is 4.29. The second kappa shape index (κ2) is 5.61. The van der Waals surface area contributed by atoms with E-state index in [1.807, 2.05) is 16.5 Å². The van der Waals surface area contributed by atoms with Crippen LogP contribution in [0.3, 0.4) is 0 Å². The topological polar surface area (TPSA) is 74.3 Å². The van der Waals surface area contributed by atoms with Gasteiger partial charge in [0, 0.05) is 18.7 Å². The molecule has 7 heteroatoms. The lowest BCUT2D eigenvalue weighted by atomic mass is 10.00. The van der Waals surface area contributed by atoms with E-state index in [1.165, 1.54) is 12.8 Å². The summed E-state index contributed by atoms with van der Waals surface area (Å²) in [5.41, 5.74) is 1.95. The van der Waals surface area contributed by atoms with Crippen LogP contribution in [-0.2, 0) is 16.7 Å². The molecular formula is C19H23N5O2. The third kappa shape index (κ3) is 2.16. The summed E-state index contributed by atoms with van der Waals surface area (Å²) >= 11 is 0. The Morgan fingerprint density at radius 2 is 2.12 bits per heavy atom. The minimum Gasteiger partial charge on any atom is -0.380 e. The molecule has 0 bridgehead atoms. The van der Waals surface area contributed by atoms with E-state index in [0.717, 1.165) is 36.3 Å². The first-order valence-electron chi connectivity index (χ1n) is 9.45. The van der Waals surface area contributed by atoms with Gasteiger partial charge in [-0.1, -0.05) is 6.92 Å². The van der Waals surface area contributed by atoms with Gasteiger partial charge in [0.1, 0.15) is 5.82 Å². The van der Waals surface area contributed by atoms with Crippen LogP contribution in [0.5, 0.6) is 0 Å². The highest BCUT2D eigenvalue weighted by molar-refractivity contribution is 5.74. The fraction of sp³-hybridized carbons (Fsp3) is 0.579. The van der Waals surface area contributed by atoms with Crippen LogP contribution in [0.25, 0.3) is 16.8 Å². The van der Waals surface area contributed by atoms with Crippen LogP contribution in [0, 0.1) is 5.92 Å². The van der Waals surface area contributed by atoms with Crippen LogP contribution in [0.2, 0.25) is 0 Å². The van der Waals surface area contributed by atoms with Gasteiger partial charge in [-0.2, -0.15) is 0 Å². The van der Waals surface area contributed by atoms with Crippen LogP contribution in [0.4, 0.5) is 0 Å². The van der Waals surface area contributed by atoms with Crippen molar-refractivity contribution in [2.45, 2.75) is 57.1 Å². The summed E-state index contributed by atoms with van der Waals surface area (Å²) in [5.74, 6) is 1.62. The molecule has 2 aliphatic rings. The Morgan fingerprint density at radius 3 is 2.77 bits per heavy atom. The standard InChI is InChI=1S/C19H23N5O2/c1-3-13(26-2)11-23-14-5-4-10-20-15(14)24-16(17(23)25)21-22-18(24)19(8-9-19)12-6-7-12/h4-5,10,12-13H,3,6-9,11H2,1-2H3. The zero-order valence-electron chi connectivity index (χ0n) is 15.2. The first-order valence-corrected chi connectivity index (χ1v) is 9.45. The third-order valence-corrected chi connectivity index (χ3v) is 6.14. The number of hydrogen-bond donors (Lipinski definition) is 0. The molecule has 1 atom stereocenters. The minimum absolute atomic E-state index is 0.0258. The number of ether oxygens (including phenoxy) is 1. The van der Waals surface area contributed by atoms with Crippen molar-refractivity contribution in [3.05, 3.63) is 34.5 Å². The average molecular weight is 353 g/mol. The highest BCUT2D eigenvalue weighted by Crippen LogP contribution is 2.61. The van der Waals surface area contributed by atoms with Crippen LogP contribution < -0.4 is 5.56 Å². The van der Waals surface area contributed by atoms with Gasteiger partial charge in [0.05, 0.1) is 18.2 Å². The Labute approximate surface area is 151 Å². The summed E-state index contributed by atoms with van der Waals surface area (Å²) in [4.78, 5) is 17.8. The predicted octanol–water partition coefficient (Wildman–Crippen LogP) is 2.31. The lowest BCUT2D eigenvalue weighted by Crippen LogP contribution is -2.30. The number of pyridine rings is 1. The van der Waals surface area contributed by atoms with Gasteiger partial charge >= 0.3 is 0 Å². The number of nitrogens with zero attached hydrogens (tertiary/aromatic N) is 5. The lowest BCUT2D eigenvalue weighted by Gasteiger charge is -2.18. The lowest BCUT2D eigenvalue weighted by molar-refractivity contribution is 0.0849. The maximum Gasteiger partial charge on any atom is 0.296 e. The van der Waals surface area contributed by atoms with Gasteiger partial charge < -0.3 is 4.74 Å². The Balaban J connectivity index is 1.78. The molecule has 0 saturated heterocycles. The number of rotatable bonds is 6. The Morgan fingerprint density at radius 1 is 1.31 bits per heavy atom. The molecule has 7 nitrogen and oxygen atoms in total. The van der Waals surface area contributed by atoms with Crippen LogP contribution >= 0.6 is 0 Å². The van der Waals surface area contributed by atoms with Gasteiger partial charge in [-0.05, 0) is 50.2 Å². The van der Waals surface area contributed by atoms with Gasteiger partial charge in [-0.25, -0.2) is 4.98 Å². The largest absolute Gasteiger partial charge is 0.380 e. The maximum atomic E-state index is 13.2. The molecule has 5 rings (SSSR count). The maximum absolute atomic E-state index is 13.2. The van der Waals surface area contributed by atoms with Gasteiger partial charge in [0.15, 0.2) is 5.65 Å². The molecule has 3 aromatic rings. The van der Waals surface area contributed by atoms with Crippen molar-refractivity contribution in [3.8, 4) is 0 Å². The van der Waals surface area contributed by atoms with Crippen LogP contribution in [0.15, 0.2) is 23.1 Å². The summed E-state index contributed by atoms with van der Waals surface area (Å²) in [6.45, 7) is 2.54. The summed E-state index contributed by atoms with van der Waals surface area (Å²) in [5, 5.41) is 8.79. The van der Waals surface area contributed by atoms with Crippen molar-refractivity contribution in [1.29, 1.82) is 0 Å². The molecule has 3 heterocycles. The average Bonchev–Trinajstić information content (AvgIpc) is 3.59. The molecule has 0 radical (unpaired) electrons. The molecule has 136 valence electrons. The minimum atomic E-state index is -0.119. The van der Waals surface area contributed by atoms with E-state index in [1.54, 1.807) is 17.9 Å². The van der Waals surface area contributed by atoms with Gasteiger partial charge in [-0.15, -0.1) is 10.2 Å². The van der Waals surface area contributed by atoms with Crippen molar-refractivity contribution < 1.29 is 4.74 Å². The highest BCUT2D eigenvalue weighted by atomic mass is 16.5. The summed E-state index contributed by atoms with van der Waals surface area (Å²) in [6.07, 6.45) is 7.35. The molecule has 0 spiro atoms. The third-order valence-electron chi connectivity index (χ3n) is 6.14. The monoisotopic (exact) mass is 353 g/mol. The molecule has 3 aromatic heterocycles. The van der Waals surface area contributed by atoms with Gasteiger partial charge in [0.2, 0.25) is 5.65 Å². The second-order valence-corrected chi connectivity index (χ2v) is 7.64. The number of methoxy groups -OCH3 is 1. The molecule has 1 unspecified atom stereocenters. The van der Waals surface area contributed by atoms with E-state index >= 15 is 0 Å². The quantitative estimate of drug-likeness (QED) is 0.680. The highest BCUT2D eigenvalue weighted by Gasteiger charge is 2.58. The van der Waals surface area contributed by atoms with Gasteiger partial charge in [0.25, 0.3) is 5.56 Å². The van der Waals surface area contributed by atoms with E-state index in [-0.39, 0.29) is 17.1 Å². The second-order valence-electron chi connectivity index (χ2n) is 7.64. The van der Waals surface area contributed by atoms with E-state index in [9.17, 15) is 4.79 Å². The smallest absolute Gasteiger partial charge is 0.296 e. The van der Waals surface area contributed by atoms with Gasteiger partial charge in [-0.3, -0.25) is 13.8 Å². The Kier molecular flexibility index (Phi) is 3.44. The van der Waals surface area contributed by atoms with Crippen LogP contribution in [0.1, 0.15) is 44.9 Å². The molecule has 0 amide bonds. The van der Waals surface area contributed by atoms with E-state index in [0.29, 0.717) is 18.1 Å². The van der Waals surface area contributed by atoms with Crippen molar-refractivity contribution in [2.24, 2.45) is 5.92 Å². The molecule has 2 fully saturated rings. The summed E-state index contributed by atoms with van der Waals surface area (Å²) in [7, 11) is 1.68. The van der Waals surface area contributed by atoms with E-state index in [4.69, 9.17) is 4.74 Å². The molecular weight excluding hydrogens is 330 g/mol. The number of aromatic nitrogens is 5. The van der Waals surface area contributed by atoms with Crippen molar-refractivity contribution in [1.82, 2.24) is 24.1 Å². The van der Waals surface area contributed by atoms with Crippen molar-refractivity contribution >= 4 is 16.8 Å². The van der Waals surface area contributed by atoms with E-state index in [2.05, 4.69) is 22.1 Å². The zero-order chi connectivity index (χ0) is 17.9. The first kappa shape index (κ1) is 15.9. The number of fused-ring (bicyclic) bond motifs is 3. The van der Waals surface area contributed by atoms with Crippen molar-refractivity contribution in [2.75, 3.05) is 7.11 Å². The SMILES string of the molecule is CCC(Cn1c(=O)c2nnc(C3(C4CC4)CC3)n2c2ncccc21)OC. The molecule has 0 aliphatic heterocycles. The summed E-state index contributed by atoms with van der Waals surface area (Å²) < 4.78 is 9.17. The fourth-order valence-electron chi connectivity index (χ4n) is 4.29. The zero-order valence-corrected chi connectivity index (χ0v) is 15.2. The normalized spacial score (nSPS) is 19.9. The molecule has 2 saturated carbocycles. The Hall–Kier alpha value is -2.28. The molecule has 26 heavy (non-hydrogen) atoms. The number of hydrogen-bond acceptors (Lipinski definition) is 5. The first-order chi connectivity index (χ1) is 12.7. The van der Waals surface area contributed by atoms with Crippen LogP contribution in [-0.4, -0.2) is 37.4 Å².